The molecular formula is C13H17ClF3NS. The number of thiophene rings is 1. The number of alkyl halides is 3. The van der Waals surface area contributed by atoms with E-state index < -0.39 is 12.1 Å². The van der Waals surface area contributed by atoms with Crippen molar-refractivity contribution in [2.45, 2.75) is 37.9 Å². The molecule has 2 rings (SSSR count). The van der Waals surface area contributed by atoms with Gasteiger partial charge in [0.15, 0.2) is 0 Å². The van der Waals surface area contributed by atoms with Gasteiger partial charge in [-0.2, -0.15) is 13.2 Å². The lowest BCUT2D eigenvalue weighted by Crippen LogP contribution is -2.34. The van der Waals surface area contributed by atoms with Gasteiger partial charge in [-0.05, 0) is 43.7 Å². The zero-order chi connectivity index (χ0) is 14.0. The van der Waals surface area contributed by atoms with E-state index in [1.165, 1.54) is 11.3 Å². The van der Waals surface area contributed by atoms with Crippen molar-refractivity contribution in [2.24, 2.45) is 11.8 Å². The van der Waals surface area contributed by atoms with Gasteiger partial charge in [0, 0.05) is 10.9 Å². The van der Waals surface area contributed by atoms with Gasteiger partial charge in [0.1, 0.15) is 0 Å². The normalized spacial score (nSPS) is 26.4. The molecule has 0 aromatic carbocycles. The zero-order valence-corrected chi connectivity index (χ0v) is 12.2. The highest BCUT2D eigenvalue weighted by molar-refractivity contribution is 7.10. The minimum Gasteiger partial charge on any atom is -0.312 e. The summed E-state index contributed by atoms with van der Waals surface area (Å²) in [6.07, 6.45) is -2.16. The molecule has 3 atom stereocenters. The first-order valence-corrected chi connectivity index (χ1v) is 7.66. The summed E-state index contributed by atoms with van der Waals surface area (Å²) >= 11 is 7.62. The summed E-state index contributed by atoms with van der Waals surface area (Å²) in [6.45, 7) is 0. The van der Waals surface area contributed by atoms with Crippen LogP contribution in [0.5, 0.6) is 0 Å². The second-order valence-corrected chi connectivity index (χ2v) is 6.42. The molecule has 1 aromatic rings. The fourth-order valence-electron chi connectivity index (χ4n) is 2.94. The molecule has 0 radical (unpaired) electrons. The Balaban J connectivity index is 2.13. The van der Waals surface area contributed by atoms with Crippen molar-refractivity contribution in [2.75, 3.05) is 7.05 Å². The topological polar surface area (TPSA) is 12.0 Å². The van der Waals surface area contributed by atoms with Crippen LogP contribution in [-0.4, -0.2) is 13.2 Å². The van der Waals surface area contributed by atoms with E-state index >= 15 is 0 Å². The van der Waals surface area contributed by atoms with Crippen LogP contribution in [0.15, 0.2) is 11.4 Å². The Morgan fingerprint density at radius 2 is 2.16 bits per heavy atom. The minimum atomic E-state index is -4.07. The molecular weight excluding hydrogens is 295 g/mol. The Hall–Kier alpha value is -0.260. The van der Waals surface area contributed by atoms with Crippen LogP contribution in [0.25, 0.3) is 0 Å². The summed E-state index contributed by atoms with van der Waals surface area (Å²) in [4.78, 5) is 0.956. The monoisotopic (exact) mass is 311 g/mol. The van der Waals surface area contributed by atoms with Crippen LogP contribution < -0.4 is 5.32 Å². The molecule has 0 spiro atoms. The predicted octanol–water partition coefficient (Wildman–Crippen LogP) is 5.03. The smallest absolute Gasteiger partial charge is 0.312 e. The molecule has 1 heterocycles. The molecule has 0 aliphatic heterocycles. The summed E-state index contributed by atoms with van der Waals surface area (Å²) in [6, 6.07) is 1.73. The molecule has 3 unspecified atom stereocenters. The molecule has 1 nitrogen and oxygen atoms in total. The number of hydrogen-bond acceptors (Lipinski definition) is 2. The van der Waals surface area contributed by atoms with Crippen molar-refractivity contribution in [1.82, 2.24) is 5.32 Å². The fourth-order valence-corrected chi connectivity index (χ4v) is 4.31. The third kappa shape index (κ3) is 3.44. The van der Waals surface area contributed by atoms with Gasteiger partial charge >= 0.3 is 6.18 Å². The summed E-state index contributed by atoms with van der Waals surface area (Å²) < 4.78 is 38.6. The van der Waals surface area contributed by atoms with Gasteiger partial charge < -0.3 is 5.32 Å². The number of hydrogen-bond donors (Lipinski definition) is 1. The van der Waals surface area contributed by atoms with E-state index in [9.17, 15) is 13.2 Å². The van der Waals surface area contributed by atoms with Crippen LogP contribution in [-0.2, 0) is 0 Å². The predicted molar refractivity (Wildman–Crippen MR) is 72.6 cm³/mol. The maximum absolute atomic E-state index is 12.9. The maximum Gasteiger partial charge on any atom is 0.391 e. The lowest BCUT2D eigenvalue weighted by molar-refractivity contribution is -0.186. The molecule has 0 amide bonds. The van der Waals surface area contributed by atoms with Crippen molar-refractivity contribution < 1.29 is 13.2 Å². The average Bonchev–Trinajstić information content (AvgIpc) is 2.76. The number of rotatable bonds is 3. The molecule has 0 saturated heterocycles. The molecule has 1 aromatic heterocycles. The van der Waals surface area contributed by atoms with Crippen LogP contribution in [0.4, 0.5) is 13.2 Å². The Labute approximate surface area is 120 Å². The highest BCUT2D eigenvalue weighted by Crippen LogP contribution is 2.45. The van der Waals surface area contributed by atoms with Crippen molar-refractivity contribution in [1.29, 1.82) is 0 Å². The minimum absolute atomic E-state index is 0.00141. The Morgan fingerprint density at radius 3 is 2.68 bits per heavy atom. The van der Waals surface area contributed by atoms with Gasteiger partial charge in [-0.1, -0.05) is 18.0 Å². The second kappa shape index (κ2) is 6.02. The molecule has 1 aliphatic carbocycles. The molecule has 1 saturated carbocycles. The van der Waals surface area contributed by atoms with E-state index in [0.29, 0.717) is 11.4 Å². The molecule has 108 valence electrons. The highest BCUT2D eigenvalue weighted by Gasteiger charge is 2.43. The molecule has 0 bridgehead atoms. The van der Waals surface area contributed by atoms with Crippen molar-refractivity contribution >= 4 is 22.9 Å². The largest absolute Gasteiger partial charge is 0.391 e. The van der Waals surface area contributed by atoms with Gasteiger partial charge in [0.05, 0.1) is 10.9 Å². The molecule has 1 aliphatic rings. The standard InChI is InChI=1S/C13H17ClF3NS/c1-18-11(12-10(14)5-6-19-12)8-3-2-4-9(7-8)13(15,16)17/h5-6,8-9,11,18H,2-4,7H2,1H3. The van der Waals surface area contributed by atoms with Crippen LogP contribution in [0.2, 0.25) is 5.02 Å². The molecule has 6 heteroatoms. The number of nitrogens with one attached hydrogen (secondary N) is 1. The lowest BCUT2D eigenvalue weighted by Gasteiger charge is -2.35. The van der Waals surface area contributed by atoms with E-state index in [1.54, 1.807) is 13.1 Å². The van der Waals surface area contributed by atoms with Gasteiger partial charge in [-0.15, -0.1) is 11.3 Å². The van der Waals surface area contributed by atoms with Crippen LogP contribution in [0.3, 0.4) is 0 Å². The third-order valence-corrected chi connectivity index (χ3v) is 5.33. The summed E-state index contributed by atoms with van der Waals surface area (Å²) in [5.74, 6) is -1.16. The Morgan fingerprint density at radius 1 is 1.42 bits per heavy atom. The Bertz CT molecular complexity index is 418. The van der Waals surface area contributed by atoms with Gasteiger partial charge in [-0.3, -0.25) is 0 Å². The van der Waals surface area contributed by atoms with Crippen molar-refractivity contribution in [3.63, 3.8) is 0 Å². The van der Waals surface area contributed by atoms with E-state index in [4.69, 9.17) is 11.6 Å². The van der Waals surface area contributed by atoms with Crippen LogP contribution in [0, 0.1) is 11.8 Å². The molecule has 1 N–H and O–H groups in total. The van der Waals surface area contributed by atoms with E-state index in [2.05, 4.69) is 5.32 Å². The van der Waals surface area contributed by atoms with Crippen LogP contribution in [0.1, 0.15) is 36.6 Å². The first kappa shape index (κ1) is 15.1. The fraction of sp³-hybridized carbons (Fsp3) is 0.692. The summed E-state index contributed by atoms with van der Waals surface area (Å²) in [7, 11) is 1.79. The molecule has 19 heavy (non-hydrogen) atoms. The van der Waals surface area contributed by atoms with Crippen molar-refractivity contribution in [3.8, 4) is 0 Å². The van der Waals surface area contributed by atoms with E-state index in [1.807, 2.05) is 5.38 Å². The quantitative estimate of drug-likeness (QED) is 0.825. The average molecular weight is 312 g/mol. The lowest BCUT2D eigenvalue weighted by atomic mass is 9.77. The van der Waals surface area contributed by atoms with Crippen LogP contribution >= 0.6 is 22.9 Å². The van der Waals surface area contributed by atoms with E-state index in [0.717, 1.165) is 11.3 Å². The van der Waals surface area contributed by atoms with Gasteiger partial charge in [-0.25, -0.2) is 0 Å². The van der Waals surface area contributed by atoms with Gasteiger partial charge in [0.2, 0.25) is 0 Å². The van der Waals surface area contributed by atoms with E-state index in [-0.39, 0.29) is 24.8 Å². The zero-order valence-electron chi connectivity index (χ0n) is 10.6. The summed E-state index contributed by atoms with van der Waals surface area (Å²) in [5.41, 5.74) is 0. The third-order valence-electron chi connectivity index (χ3n) is 3.89. The first-order valence-electron chi connectivity index (χ1n) is 6.40. The van der Waals surface area contributed by atoms with Gasteiger partial charge in [0.25, 0.3) is 0 Å². The van der Waals surface area contributed by atoms with Crippen molar-refractivity contribution in [3.05, 3.63) is 21.3 Å². The molecule has 1 fully saturated rings. The second-order valence-electron chi connectivity index (χ2n) is 5.06. The maximum atomic E-state index is 12.9. The highest BCUT2D eigenvalue weighted by atomic mass is 35.5. The SMILES string of the molecule is CNC(c1sccc1Cl)C1CCCC(C(F)(F)F)C1. The number of halogens is 4. The Kier molecular flexibility index (Phi) is 4.79. The summed E-state index contributed by atoms with van der Waals surface area (Å²) in [5, 5.41) is 5.68. The first-order chi connectivity index (χ1) is 8.93.